The van der Waals surface area contributed by atoms with Gasteiger partial charge in [-0.2, -0.15) is 9.50 Å². The normalized spacial score (nSPS) is 14.6. The van der Waals surface area contributed by atoms with Crippen molar-refractivity contribution in [3.05, 3.63) is 34.8 Å². The molecule has 0 atom stereocenters. The number of aromatic nitrogens is 6. The molecule has 4 aromatic rings. The Morgan fingerprint density at radius 3 is 2.97 bits per heavy atom. The number of aromatic amines is 1. The smallest absolute Gasteiger partial charge is 0.245 e. The highest BCUT2D eigenvalue weighted by molar-refractivity contribution is 9.10. The Bertz CT molecular complexity index is 1170. The number of para-hydroxylation sites is 1. The second-order valence-electron chi connectivity index (χ2n) is 6.57. The van der Waals surface area contributed by atoms with Crippen LogP contribution in [0, 0.1) is 0 Å². The summed E-state index contributed by atoms with van der Waals surface area (Å²) in [6.07, 6.45) is 1.71. The topological polar surface area (TPSA) is 105 Å². The molecule has 4 heterocycles. The SMILES string of the molecule is COc1cccc2[nH]c(CNc3nc(N4CCOCC4)nn4c(Br)cnc34)nc12. The van der Waals surface area contributed by atoms with Crippen LogP contribution in [0.15, 0.2) is 29.0 Å². The van der Waals surface area contributed by atoms with Crippen molar-refractivity contribution >= 4 is 44.4 Å². The van der Waals surface area contributed by atoms with E-state index in [9.17, 15) is 0 Å². The zero-order chi connectivity index (χ0) is 19.8. The summed E-state index contributed by atoms with van der Waals surface area (Å²) < 4.78 is 13.3. The molecule has 0 aliphatic carbocycles. The van der Waals surface area contributed by atoms with E-state index in [1.165, 1.54) is 0 Å². The van der Waals surface area contributed by atoms with Crippen LogP contribution in [-0.2, 0) is 11.3 Å². The van der Waals surface area contributed by atoms with Crippen LogP contribution in [0.25, 0.3) is 16.7 Å². The van der Waals surface area contributed by atoms with Crippen LogP contribution in [0.4, 0.5) is 11.8 Å². The van der Waals surface area contributed by atoms with Gasteiger partial charge in [-0.25, -0.2) is 9.97 Å². The number of nitrogens with zero attached hydrogens (tertiary/aromatic N) is 6. The maximum Gasteiger partial charge on any atom is 0.245 e. The van der Waals surface area contributed by atoms with Crippen molar-refractivity contribution in [3.8, 4) is 5.75 Å². The lowest BCUT2D eigenvalue weighted by Gasteiger charge is -2.26. The third-order valence-corrected chi connectivity index (χ3v) is 5.31. The van der Waals surface area contributed by atoms with Crippen molar-refractivity contribution in [2.75, 3.05) is 43.6 Å². The van der Waals surface area contributed by atoms with E-state index in [0.29, 0.717) is 37.2 Å². The van der Waals surface area contributed by atoms with Crippen LogP contribution in [0.5, 0.6) is 5.75 Å². The summed E-state index contributed by atoms with van der Waals surface area (Å²) >= 11 is 3.50. The van der Waals surface area contributed by atoms with Gasteiger partial charge in [0.05, 0.1) is 38.6 Å². The average molecular weight is 459 g/mol. The lowest BCUT2D eigenvalue weighted by molar-refractivity contribution is 0.122. The number of anilines is 2. The molecule has 3 aromatic heterocycles. The molecule has 1 aromatic carbocycles. The first-order valence-electron chi connectivity index (χ1n) is 9.22. The molecule has 11 heteroatoms. The third kappa shape index (κ3) is 3.36. The lowest BCUT2D eigenvalue weighted by atomic mass is 10.3. The molecule has 2 N–H and O–H groups in total. The Kier molecular flexibility index (Phi) is 4.68. The van der Waals surface area contributed by atoms with E-state index in [2.05, 4.69) is 46.2 Å². The highest BCUT2D eigenvalue weighted by Crippen LogP contribution is 2.24. The molecular formula is C18H19BrN8O2. The zero-order valence-corrected chi connectivity index (χ0v) is 17.3. The molecule has 0 radical (unpaired) electrons. The monoisotopic (exact) mass is 458 g/mol. The number of imidazole rings is 2. The third-order valence-electron chi connectivity index (χ3n) is 4.77. The summed E-state index contributed by atoms with van der Waals surface area (Å²) in [4.78, 5) is 19.2. The standard InChI is InChI=1S/C18H19BrN8O2/c1-28-12-4-2-3-11-15(12)23-14(22-11)10-20-16-17-21-9-13(19)27(17)25-18(24-16)26-5-7-29-8-6-26/h2-4,9H,5-8,10H2,1H3,(H,22,23)(H,20,24,25). The maximum absolute atomic E-state index is 5.44. The summed E-state index contributed by atoms with van der Waals surface area (Å²) in [5.74, 6) is 2.79. The van der Waals surface area contributed by atoms with Gasteiger partial charge in [0.2, 0.25) is 5.95 Å². The molecule has 0 amide bonds. The minimum Gasteiger partial charge on any atom is -0.494 e. The number of fused-ring (bicyclic) bond motifs is 2. The molecule has 0 saturated carbocycles. The predicted octanol–water partition coefficient (Wildman–Crippen LogP) is 2.22. The minimum atomic E-state index is 0.456. The van der Waals surface area contributed by atoms with Crippen molar-refractivity contribution in [2.24, 2.45) is 0 Å². The molecule has 150 valence electrons. The largest absolute Gasteiger partial charge is 0.494 e. The predicted molar refractivity (Wildman–Crippen MR) is 111 cm³/mol. The fourth-order valence-electron chi connectivity index (χ4n) is 3.33. The van der Waals surface area contributed by atoms with Gasteiger partial charge in [0, 0.05) is 13.1 Å². The van der Waals surface area contributed by atoms with Gasteiger partial charge in [-0.05, 0) is 28.1 Å². The minimum absolute atomic E-state index is 0.456. The lowest BCUT2D eigenvalue weighted by Crippen LogP contribution is -2.37. The van der Waals surface area contributed by atoms with E-state index in [1.54, 1.807) is 17.8 Å². The number of ether oxygens (including phenoxy) is 2. The van der Waals surface area contributed by atoms with Gasteiger partial charge in [-0.15, -0.1) is 5.10 Å². The molecular weight excluding hydrogens is 440 g/mol. The second kappa shape index (κ2) is 7.48. The van der Waals surface area contributed by atoms with Crippen LogP contribution in [-0.4, -0.2) is 63.0 Å². The number of hydrogen-bond acceptors (Lipinski definition) is 8. The van der Waals surface area contributed by atoms with Gasteiger partial charge in [0.1, 0.15) is 21.7 Å². The molecule has 1 aliphatic heterocycles. The number of morpholine rings is 1. The molecule has 0 bridgehead atoms. The first-order valence-corrected chi connectivity index (χ1v) is 10.0. The summed E-state index contributed by atoms with van der Waals surface area (Å²) in [5, 5.41) is 7.97. The molecule has 29 heavy (non-hydrogen) atoms. The van der Waals surface area contributed by atoms with Crippen molar-refractivity contribution in [1.29, 1.82) is 0 Å². The number of rotatable bonds is 5. The van der Waals surface area contributed by atoms with E-state index in [4.69, 9.17) is 14.5 Å². The fraction of sp³-hybridized carbons (Fsp3) is 0.333. The van der Waals surface area contributed by atoms with Crippen LogP contribution in [0.3, 0.4) is 0 Å². The van der Waals surface area contributed by atoms with Gasteiger partial charge in [-0.3, -0.25) is 0 Å². The van der Waals surface area contributed by atoms with Gasteiger partial charge in [0.15, 0.2) is 11.5 Å². The first kappa shape index (κ1) is 18.1. The highest BCUT2D eigenvalue weighted by Gasteiger charge is 2.19. The molecule has 0 spiro atoms. The molecule has 1 fully saturated rings. The number of methoxy groups -OCH3 is 1. The van der Waals surface area contributed by atoms with Crippen LogP contribution < -0.4 is 15.0 Å². The number of nitrogens with one attached hydrogen (secondary N) is 2. The number of benzene rings is 1. The quantitative estimate of drug-likeness (QED) is 0.468. The molecule has 1 aliphatic rings. The van der Waals surface area contributed by atoms with Gasteiger partial charge in [0.25, 0.3) is 0 Å². The van der Waals surface area contributed by atoms with Crippen molar-refractivity contribution in [1.82, 2.24) is 29.5 Å². The van der Waals surface area contributed by atoms with Crippen molar-refractivity contribution < 1.29 is 9.47 Å². The Morgan fingerprint density at radius 1 is 1.28 bits per heavy atom. The molecule has 1 saturated heterocycles. The van der Waals surface area contributed by atoms with E-state index in [1.807, 2.05) is 18.2 Å². The van der Waals surface area contributed by atoms with E-state index >= 15 is 0 Å². The second-order valence-corrected chi connectivity index (χ2v) is 7.38. The number of halogens is 1. The van der Waals surface area contributed by atoms with Gasteiger partial charge < -0.3 is 24.7 Å². The van der Waals surface area contributed by atoms with Gasteiger partial charge >= 0.3 is 0 Å². The summed E-state index contributed by atoms with van der Waals surface area (Å²) in [6, 6.07) is 5.80. The van der Waals surface area contributed by atoms with Crippen LogP contribution >= 0.6 is 15.9 Å². The maximum atomic E-state index is 5.44. The summed E-state index contributed by atoms with van der Waals surface area (Å²) in [6.45, 7) is 3.28. The fourth-order valence-corrected chi connectivity index (χ4v) is 3.68. The van der Waals surface area contributed by atoms with Crippen molar-refractivity contribution in [3.63, 3.8) is 0 Å². The summed E-state index contributed by atoms with van der Waals surface area (Å²) in [7, 11) is 1.64. The summed E-state index contributed by atoms with van der Waals surface area (Å²) in [5.41, 5.74) is 2.37. The first-order chi connectivity index (χ1) is 14.2. The Labute approximate surface area is 174 Å². The number of hydrogen-bond donors (Lipinski definition) is 2. The van der Waals surface area contributed by atoms with E-state index in [-0.39, 0.29) is 0 Å². The Hall–Kier alpha value is -2.92. The molecule has 0 unspecified atom stereocenters. The van der Waals surface area contributed by atoms with Crippen molar-refractivity contribution in [2.45, 2.75) is 6.54 Å². The average Bonchev–Trinajstić information content (AvgIpc) is 3.36. The molecule has 10 nitrogen and oxygen atoms in total. The number of H-pyrrole nitrogens is 1. The van der Waals surface area contributed by atoms with Gasteiger partial charge in [-0.1, -0.05) is 6.07 Å². The zero-order valence-electron chi connectivity index (χ0n) is 15.7. The van der Waals surface area contributed by atoms with E-state index in [0.717, 1.165) is 40.3 Å². The van der Waals surface area contributed by atoms with Crippen LogP contribution in [0.2, 0.25) is 0 Å². The molecule has 5 rings (SSSR count). The Morgan fingerprint density at radius 2 is 2.14 bits per heavy atom. The van der Waals surface area contributed by atoms with Crippen LogP contribution in [0.1, 0.15) is 5.82 Å². The van der Waals surface area contributed by atoms with E-state index < -0.39 is 0 Å². The highest BCUT2D eigenvalue weighted by atomic mass is 79.9. The Balaban J connectivity index is 1.46.